The molecule has 1 aromatic heterocycles. The molecule has 2 heterocycles. The van der Waals surface area contributed by atoms with E-state index in [9.17, 15) is 0 Å². The Kier molecular flexibility index (Phi) is 5.15. The van der Waals surface area contributed by atoms with Crippen molar-refractivity contribution in [3.63, 3.8) is 0 Å². The van der Waals surface area contributed by atoms with Crippen molar-refractivity contribution in [3.05, 3.63) is 76.8 Å². The Labute approximate surface area is 174 Å². The molecule has 0 spiro atoms. The summed E-state index contributed by atoms with van der Waals surface area (Å²) in [6.07, 6.45) is 0. The Balaban J connectivity index is 1.82. The third-order valence-electron chi connectivity index (χ3n) is 4.78. The van der Waals surface area contributed by atoms with Gasteiger partial charge in [-0.3, -0.25) is 0 Å². The molecular formula is C21H19ClN4OS. The number of benzene rings is 2. The fourth-order valence-electron chi connectivity index (χ4n) is 3.41. The first-order valence-corrected chi connectivity index (χ1v) is 9.81. The second-order valence-electron chi connectivity index (χ2n) is 6.47. The molecule has 0 saturated carbocycles. The number of allylic oxidation sites excluding steroid dienone is 1. The second kappa shape index (κ2) is 7.73. The monoisotopic (exact) mass is 410 g/mol. The van der Waals surface area contributed by atoms with Gasteiger partial charge in [-0.15, -0.1) is 0 Å². The molecule has 7 heteroatoms. The number of hydrogen-bond acceptors (Lipinski definition) is 4. The topological polar surface area (TPSA) is 54.2 Å². The fraction of sp³-hybridized carbons (Fsp3) is 0.190. The third kappa shape index (κ3) is 3.41. The lowest BCUT2D eigenvalue weighted by molar-refractivity contribution is 0.398. The predicted molar refractivity (Wildman–Crippen MR) is 115 cm³/mol. The number of hydrogen-bond donors (Lipinski definition) is 1. The second-order valence-corrected chi connectivity index (χ2v) is 7.29. The summed E-state index contributed by atoms with van der Waals surface area (Å²) in [6.45, 7) is 4.84. The molecule has 1 N–H and O–H groups in total. The zero-order valence-electron chi connectivity index (χ0n) is 15.5. The van der Waals surface area contributed by atoms with Gasteiger partial charge in [-0.25, -0.2) is 0 Å². The Morgan fingerprint density at radius 3 is 2.68 bits per heavy atom. The van der Waals surface area contributed by atoms with Crippen molar-refractivity contribution in [1.29, 1.82) is 0 Å². The largest absolute Gasteiger partial charge is 0.351 e. The molecule has 0 amide bonds. The Hall–Kier alpha value is -2.70. The lowest BCUT2D eigenvalue weighted by atomic mass is 9.95. The smallest absolute Gasteiger partial charge is 0.258 e. The van der Waals surface area contributed by atoms with Crippen molar-refractivity contribution in [3.8, 4) is 11.4 Å². The predicted octanol–water partition coefficient (Wildman–Crippen LogP) is 5.07. The van der Waals surface area contributed by atoms with Crippen LogP contribution < -0.4 is 5.32 Å². The van der Waals surface area contributed by atoms with Crippen LogP contribution in [0, 0.1) is 0 Å². The van der Waals surface area contributed by atoms with Gasteiger partial charge in [-0.1, -0.05) is 59.2 Å². The first kappa shape index (κ1) is 18.7. The SMILES string of the molecule is CCN1C(=S)NC(c2ccccc2)C(c2nc(-c3cccc(Cl)c3)no2)=C1C. The van der Waals surface area contributed by atoms with E-state index in [0.29, 0.717) is 21.9 Å². The van der Waals surface area contributed by atoms with Crippen LogP contribution in [0.2, 0.25) is 5.02 Å². The van der Waals surface area contributed by atoms with Gasteiger partial charge in [-0.05, 0) is 43.8 Å². The minimum atomic E-state index is -0.163. The highest BCUT2D eigenvalue weighted by atomic mass is 35.5. The van der Waals surface area contributed by atoms with E-state index in [0.717, 1.165) is 28.9 Å². The normalized spacial score (nSPS) is 17.0. The van der Waals surface area contributed by atoms with Crippen LogP contribution in [0.1, 0.15) is 31.3 Å². The summed E-state index contributed by atoms with van der Waals surface area (Å²) >= 11 is 11.7. The number of rotatable bonds is 4. The average Bonchev–Trinajstić information content (AvgIpc) is 3.18. The van der Waals surface area contributed by atoms with E-state index in [1.807, 2.05) is 54.3 Å². The van der Waals surface area contributed by atoms with E-state index in [2.05, 4.69) is 34.5 Å². The van der Waals surface area contributed by atoms with Gasteiger partial charge in [-0.2, -0.15) is 4.98 Å². The summed E-state index contributed by atoms with van der Waals surface area (Å²) in [6, 6.07) is 17.4. The molecule has 0 fully saturated rings. The van der Waals surface area contributed by atoms with E-state index >= 15 is 0 Å². The summed E-state index contributed by atoms with van der Waals surface area (Å²) < 4.78 is 5.68. The van der Waals surface area contributed by atoms with Crippen LogP contribution in [0.5, 0.6) is 0 Å². The molecule has 142 valence electrons. The van der Waals surface area contributed by atoms with Crippen molar-refractivity contribution in [2.45, 2.75) is 19.9 Å². The van der Waals surface area contributed by atoms with Gasteiger partial charge in [0.25, 0.3) is 5.89 Å². The molecule has 5 nitrogen and oxygen atoms in total. The number of aromatic nitrogens is 2. The Bertz CT molecular complexity index is 1050. The standard InChI is InChI=1S/C21H19ClN4OS/c1-3-26-13(2)17(18(23-21(26)28)14-8-5-4-6-9-14)20-24-19(25-27-20)15-10-7-11-16(22)12-15/h4-12,18H,3H2,1-2H3,(H,23,28). The number of halogens is 1. The van der Waals surface area contributed by atoms with Gasteiger partial charge in [0.15, 0.2) is 5.11 Å². The Morgan fingerprint density at radius 2 is 1.96 bits per heavy atom. The highest BCUT2D eigenvalue weighted by Gasteiger charge is 2.33. The van der Waals surface area contributed by atoms with Crippen LogP contribution in [0.4, 0.5) is 0 Å². The van der Waals surface area contributed by atoms with Crippen molar-refractivity contribution >= 4 is 34.5 Å². The zero-order chi connectivity index (χ0) is 19.7. The molecule has 1 unspecified atom stereocenters. The van der Waals surface area contributed by atoms with Gasteiger partial charge >= 0.3 is 0 Å². The quantitative estimate of drug-likeness (QED) is 0.606. The van der Waals surface area contributed by atoms with Crippen LogP contribution in [0.3, 0.4) is 0 Å². The minimum absolute atomic E-state index is 0.163. The average molecular weight is 411 g/mol. The lowest BCUT2D eigenvalue weighted by Gasteiger charge is -2.36. The van der Waals surface area contributed by atoms with Crippen molar-refractivity contribution < 1.29 is 4.52 Å². The van der Waals surface area contributed by atoms with Crippen molar-refractivity contribution in [2.24, 2.45) is 0 Å². The first-order valence-electron chi connectivity index (χ1n) is 9.02. The van der Waals surface area contributed by atoms with E-state index in [4.69, 9.17) is 28.3 Å². The van der Waals surface area contributed by atoms with E-state index < -0.39 is 0 Å². The minimum Gasteiger partial charge on any atom is -0.351 e. The highest BCUT2D eigenvalue weighted by Crippen LogP contribution is 2.37. The van der Waals surface area contributed by atoms with Gasteiger partial charge < -0.3 is 14.7 Å². The molecule has 1 atom stereocenters. The van der Waals surface area contributed by atoms with Crippen LogP contribution in [-0.2, 0) is 0 Å². The molecule has 3 aromatic rings. The van der Waals surface area contributed by atoms with Crippen LogP contribution in [-0.4, -0.2) is 26.7 Å². The third-order valence-corrected chi connectivity index (χ3v) is 5.36. The maximum Gasteiger partial charge on any atom is 0.258 e. The van der Waals surface area contributed by atoms with Crippen molar-refractivity contribution in [1.82, 2.24) is 20.4 Å². The summed E-state index contributed by atoms with van der Waals surface area (Å²) in [5.41, 5.74) is 3.81. The molecule has 0 radical (unpaired) electrons. The van der Waals surface area contributed by atoms with Crippen LogP contribution in [0.25, 0.3) is 17.0 Å². The molecule has 0 saturated heterocycles. The maximum absolute atomic E-state index is 6.10. The van der Waals surface area contributed by atoms with Gasteiger partial charge in [0.1, 0.15) is 0 Å². The highest BCUT2D eigenvalue weighted by molar-refractivity contribution is 7.80. The molecular weight excluding hydrogens is 392 g/mol. The molecule has 1 aliphatic heterocycles. The van der Waals surface area contributed by atoms with Crippen LogP contribution >= 0.6 is 23.8 Å². The molecule has 2 aromatic carbocycles. The lowest BCUT2D eigenvalue weighted by Crippen LogP contribution is -2.45. The Morgan fingerprint density at radius 1 is 1.18 bits per heavy atom. The zero-order valence-corrected chi connectivity index (χ0v) is 17.1. The van der Waals surface area contributed by atoms with Gasteiger partial charge in [0, 0.05) is 22.8 Å². The van der Waals surface area contributed by atoms with Gasteiger partial charge in [0.05, 0.1) is 11.6 Å². The first-order chi connectivity index (χ1) is 13.6. The molecule has 28 heavy (non-hydrogen) atoms. The summed E-state index contributed by atoms with van der Waals surface area (Å²) in [5, 5.41) is 8.91. The summed E-state index contributed by atoms with van der Waals surface area (Å²) in [5.74, 6) is 0.968. The molecule has 0 aliphatic carbocycles. The maximum atomic E-state index is 6.10. The number of nitrogens with zero attached hydrogens (tertiary/aromatic N) is 3. The fourth-order valence-corrected chi connectivity index (χ4v) is 3.99. The van der Waals surface area contributed by atoms with E-state index in [-0.39, 0.29) is 6.04 Å². The molecule has 0 bridgehead atoms. The summed E-state index contributed by atoms with van der Waals surface area (Å²) in [7, 11) is 0. The van der Waals surface area contributed by atoms with Crippen molar-refractivity contribution in [2.75, 3.05) is 6.54 Å². The van der Waals surface area contributed by atoms with Crippen LogP contribution in [0.15, 0.2) is 64.8 Å². The number of nitrogens with one attached hydrogen (secondary N) is 1. The summed E-state index contributed by atoms with van der Waals surface area (Å²) in [4.78, 5) is 6.70. The number of thiocarbonyl (C=S) groups is 1. The van der Waals surface area contributed by atoms with E-state index in [1.54, 1.807) is 0 Å². The molecule has 1 aliphatic rings. The molecule has 4 rings (SSSR count). The van der Waals surface area contributed by atoms with E-state index in [1.165, 1.54) is 0 Å². The van der Waals surface area contributed by atoms with Gasteiger partial charge in [0.2, 0.25) is 5.82 Å².